The lowest BCUT2D eigenvalue weighted by molar-refractivity contribution is -0.143. The summed E-state index contributed by atoms with van der Waals surface area (Å²) in [7, 11) is 0. The van der Waals surface area contributed by atoms with Gasteiger partial charge in [0.05, 0.1) is 11.7 Å². The number of nitrogens with zero attached hydrogens (tertiary/aromatic N) is 4. The molecule has 0 N–H and O–H groups in total. The molecule has 0 saturated carbocycles. The quantitative estimate of drug-likeness (QED) is 0.832. The molecule has 0 bridgehead atoms. The molecule has 2 aliphatic rings. The van der Waals surface area contributed by atoms with Crippen molar-refractivity contribution in [1.29, 1.82) is 0 Å². The molecular formula is C18H22N4O2. The van der Waals surface area contributed by atoms with Gasteiger partial charge in [0.15, 0.2) is 0 Å². The molecule has 6 heteroatoms. The third-order valence-electron chi connectivity index (χ3n) is 5.31. The highest BCUT2D eigenvalue weighted by atomic mass is 16.2. The summed E-state index contributed by atoms with van der Waals surface area (Å²) in [6, 6.07) is 5.55. The van der Waals surface area contributed by atoms with E-state index in [-0.39, 0.29) is 17.5 Å². The average molecular weight is 326 g/mol. The Morgan fingerprint density at radius 3 is 3.00 bits per heavy atom. The van der Waals surface area contributed by atoms with Crippen LogP contribution < -0.4 is 5.56 Å². The number of piperazine rings is 1. The van der Waals surface area contributed by atoms with Gasteiger partial charge in [0.1, 0.15) is 5.65 Å². The number of pyridine rings is 1. The van der Waals surface area contributed by atoms with Crippen LogP contribution in [0.3, 0.4) is 0 Å². The standard InChI is InChI=1S/C18H22N4O2/c1-12-5-3-8-22-16(23)9-14(19-17(12)22)10-20-11-15-6-4-7-21(15)18(24)13(20)2/h3,5,8-9,13,15H,4,6-7,10-11H2,1-2H3/t13-,15-/m1/s1. The lowest BCUT2D eigenvalue weighted by atomic mass is 10.1. The summed E-state index contributed by atoms with van der Waals surface area (Å²) in [5, 5.41) is 0. The van der Waals surface area contributed by atoms with Crippen molar-refractivity contribution in [2.24, 2.45) is 0 Å². The number of hydrogen-bond donors (Lipinski definition) is 0. The van der Waals surface area contributed by atoms with Crippen molar-refractivity contribution in [3.05, 3.63) is 46.0 Å². The summed E-state index contributed by atoms with van der Waals surface area (Å²) in [4.78, 5) is 33.7. The van der Waals surface area contributed by atoms with Gasteiger partial charge in [-0.3, -0.25) is 18.9 Å². The van der Waals surface area contributed by atoms with E-state index in [1.807, 2.05) is 30.9 Å². The first-order valence-electron chi connectivity index (χ1n) is 8.57. The number of carbonyl (C=O) groups excluding carboxylic acids is 1. The van der Waals surface area contributed by atoms with Gasteiger partial charge in [-0.05, 0) is 38.3 Å². The lowest BCUT2D eigenvalue weighted by Gasteiger charge is -2.41. The molecule has 0 aliphatic carbocycles. The molecule has 2 aliphatic heterocycles. The van der Waals surface area contributed by atoms with E-state index in [2.05, 4.69) is 9.88 Å². The van der Waals surface area contributed by atoms with Crippen LogP contribution in [0, 0.1) is 6.92 Å². The molecule has 2 fully saturated rings. The van der Waals surface area contributed by atoms with Gasteiger partial charge in [-0.15, -0.1) is 0 Å². The number of aromatic nitrogens is 2. The van der Waals surface area contributed by atoms with Crippen LogP contribution in [0.25, 0.3) is 5.65 Å². The van der Waals surface area contributed by atoms with Gasteiger partial charge >= 0.3 is 0 Å². The summed E-state index contributed by atoms with van der Waals surface area (Å²) >= 11 is 0. The minimum Gasteiger partial charge on any atom is -0.337 e. The van der Waals surface area contributed by atoms with Gasteiger partial charge in [0, 0.05) is 37.9 Å². The predicted octanol–water partition coefficient (Wildman–Crippen LogP) is 1.20. The highest BCUT2D eigenvalue weighted by molar-refractivity contribution is 5.83. The maximum Gasteiger partial charge on any atom is 0.258 e. The fourth-order valence-corrected chi connectivity index (χ4v) is 3.94. The van der Waals surface area contributed by atoms with Crippen LogP contribution in [0.5, 0.6) is 0 Å². The van der Waals surface area contributed by atoms with E-state index < -0.39 is 0 Å². The molecule has 24 heavy (non-hydrogen) atoms. The molecule has 4 rings (SSSR count). The average Bonchev–Trinajstić information content (AvgIpc) is 3.02. The normalized spacial score (nSPS) is 24.6. The topological polar surface area (TPSA) is 57.9 Å². The zero-order valence-corrected chi connectivity index (χ0v) is 14.1. The Labute approximate surface area is 140 Å². The van der Waals surface area contributed by atoms with E-state index in [1.165, 1.54) is 0 Å². The maximum absolute atomic E-state index is 12.5. The Morgan fingerprint density at radius 2 is 2.17 bits per heavy atom. The fourth-order valence-electron chi connectivity index (χ4n) is 3.94. The Morgan fingerprint density at radius 1 is 1.33 bits per heavy atom. The third kappa shape index (κ3) is 2.41. The first-order valence-corrected chi connectivity index (χ1v) is 8.57. The molecule has 2 aromatic rings. The molecule has 126 valence electrons. The molecule has 0 spiro atoms. The van der Waals surface area contributed by atoms with Crippen molar-refractivity contribution >= 4 is 11.6 Å². The zero-order valence-electron chi connectivity index (χ0n) is 14.1. The van der Waals surface area contributed by atoms with Gasteiger partial charge in [-0.2, -0.15) is 0 Å². The van der Waals surface area contributed by atoms with Gasteiger partial charge < -0.3 is 4.90 Å². The van der Waals surface area contributed by atoms with E-state index in [0.717, 1.165) is 37.2 Å². The van der Waals surface area contributed by atoms with E-state index in [9.17, 15) is 9.59 Å². The summed E-state index contributed by atoms with van der Waals surface area (Å²) in [6.07, 6.45) is 3.90. The van der Waals surface area contributed by atoms with Crippen LogP contribution in [-0.2, 0) is 11.3 Å². The molecular weight excluding hydrogens is 304 g/mol. The van der Waals surface area contributed by atoms with Crippen LogP contribution >= 0.6 is 0 Å². The predicted molar refractivity (Wildman–Crippen MR) is 90.8 cm³/mol. The van der Waals surface area contributed by atoms with Crippen LogP contribution in [-0.4, -0.2) is 50.3 Å². The van der Waals surface area contributed by atoms with Crippen LogP contribution in [0.15, 0.2) is 29.2 Å². The monoisotopic (exact) mass is 326 g/mol. The molecule has 0 aromatic carbocycles. The van der Waals surface area contributed by atoms with Crippen molar-refractivity contribution in [1.82, 2.24) is 19.2 Å². The highest BCUT2D eigenvalue weighted by Gasteiger charge is 2.40. The van der Waals surface area contributed by atoms with Crippen molar-refractivity contribution in [3.63, 3.8) is 0 Å². The van der Waals surface area contributed by atoms with Gasteiger partial charge in [-0.1, -0.05) is 6.07 Å². The SMILES string of the molecule is Cc1cccn2c(=O)cc(CN3C[C@H]4CCCN4C(=O)[C@H]3C)nc12. The Hall–Kier alpha value is -2.21. The Bertz CT molecular complexity index is 860. The van der Waals surface area contributed by atoms with Crippen molar-refractivity contribution < 1.29 is 4.79 Å². The molecule has 2 atom stereocenters. The summed E-state index contributed by atoms with van der Waals surface area (Å²) in [6.45, 7) is 6.19. The summed E-state index contributed by atoms with van der Waals surface area (Å²) in [5.41, 5.74) is 2.33. The van der Waals surface area contributed by atoms with Gasteiger partial charge in [0.2, 0.25) is 5.91 Å². The number of aryl methyl sites for hydroxylation is 1. The third-order valence-corrected chi connectivity index (χ3v) is 5.31. The maximum atomic E-state index is 12.5. The van der Waals surface area contributed by atoms with E-state index >= 15 is 0 Å². The summed E-state index contributed by atoms with van der Waals surface area (Å²) < 4.78 is 1.57. The van der Waals surface area contributed by atoms with Crippen molar-refractivity contribution in [2.45, 2.75) is 45.3 Å². The fraction of sp³-hybridized carbons (Fsp3) is 0.500. The van der Waals surface area contributed by atoms with Crippen LogP contribution in [0.4, 0.5) is 0 Å². The Balaban J connectivity index is 1.65. The van der Waals surface area contributed by atoms with Crippen molar-refractivity contribution in [3.8, 4) is 0 Å². The zero-order chi connectivity index (χ0) is 16.8. The second-order valence-electron chi connectivity index (χ2n) is 6.90. The van der Waals surface area contributed by atoms with Crippen LogP contribution in [0.1, 0.15) is 31.0 Å². The second kappa shape index (κ2) is 5.70. The number of fused-ring (bicyclic) bond motifs is 2. The minimum atomic E-state index is -0.156. The number of rotatable bonds is 2. The van der Waals surface area contributed by atoms with E-state index in [0.29, 0.717) is 18.2 Å². The summed E-state index contributed by atoms with van der Waals surface area (Å²) in [5.74, 6) is 0.206. The highest BCUT2D eigenvalue weighted by Crippen LogP contribution is 2.26. The molecule has 2 saturated heterocycles. The second-order valence-corrected chi connectivity index (χ2v) is 6.90. The molecule has 1 amide bonds. The van der Waals surface area contributed by atoms with Gasteiger partial charge in [-0.25, -0.2) is 4.98 Å². The first kappa shape index (κ1) is 15.3. The van der Waals surface area contributed by atoms with Gasteiger partial charge in [0.25, 0.3) is 5.56 Å². The minimum absolute atomic E-state index is 0.0721. The molecule has 4 heterocycles. The van der Waals surface area contributed by atoms with E-state index in [4.69, 9.17) is 0 Å². The molecule has 2 aromatic heterocycles. The van der Waals surface area contributed by atoms with Crippen molar-refractivity contribution in [2.75, 3.05) is 13.1 Å². The number of hydrogen-bond acceptors (Lipinski definition) is 4. The molecule has 6 nitrogen and oxygen atoms in total. The Kier molecular flexibility index (Phi) is 3.64. The largest absolute Gasteiger partial charge is 0.337 e. The number of amides is 1. The molecule has 0 radical (unpaired) electrons. The number of carbonyl (C=O) groups is 1. The first-order chi connectivity index (χ1) is 11.5. The smallest absolute Gasteiger partial charge is 0.258 e. The molecule has 0 unspecified atom stereocenters. The van der Waals surface area contributed by atoms with Crippen LogP contribution in [0.2, 0.25) is 0 Å². The van der Waals surface area contributed by atoms with E-state index in [1.54, 1.807) is 16.7 Å². The lowest BCUT2D eigenvalue weighted by Crippen LogP contribution is -2.58.